The summed E-state index contributed by atoms with van der Waals surface area (Å²) in [4.78, 5) is 16.5. The van der Waals surface area contributed by atoms with Gasteiger partial charge >= 0.3 is 0 Å². The molecule has 0 saturated carbocycles. The molecule has 1 saturated heterocycles. The third-order valence-corrected chi connectivity index (χ3v) is 3.12. The Morgan fingerprint density at radius 2 is 2.42 bits per heavy atom. The van der Waals surface area contributed by atoms with E-state index in [9.17, 15) is 4.79 Å². The predicted molar refractivity (Wildman–Crippen MR) is 71.5 cm³/mol. The molecule has 19 heavy (non-hydrogen) atoms. The van der Waals surface area contributed by atoms with Crippen molar-refractivity contribution >= 4 is 11.7 Å². The van der Waals surface area contributed by atoms with Crippen molar-refractivity contribution in [2.45, 2.75) is 26.8 Å². The van der Waals surface area contributed by atoms with Crippen LogP contribution in [0.5, 0.6) is 0 Å². The molecule has 0 N–H and O–H groups in total. The minimum Gasteiger partial charge on any atom is -0.297 e. The minimum absolute atomic E-state index is 0.0728. The van der Waals surface area contributed by atoms with Crippen LogP contribution in [-0.2, 0) is 11.3 Å². The summed E-state index contributed by atoms with van der Waals surface area (Å²) >= 11 is 0. The van der Waals surface area contributed by atoms with E-state index >= 15 is 0 Å². The molecule has 2 heterocycles. The SMILES string of the molecule is CC(C)Cn1nccc1N1CC(CN=[N+]=[N-])CC1=O. The zero-order chi connectivity index (χ0) is 13.8. The first kappa shape index (κ1) is 13.4. The van der Waals surface area contributed by atoms with Crippen LogP contribution in [0.4, 0.5) is 5.82 Å². The second-order valence-electron chi connectivity index (χ2n) is 5.25. The summed E-state index contributed by atoms with van der Waals surface area (Å²) in [5, 5.41) is 7.82. The van der Waals surface area contributed by atoms with Gasteiger partial charge in [0.2, 0.25) is 5.91 Å². The molecule has 0 aromatic carbocycles. The number of carbonyl (C=O) groups excluding carboxylic acids is 1. The van der Waals surface area contributed by atoms with Gasteiger partial charge in [0.15, 0.2) is 0 Å². The van der Waals surface area contributed by atoms with Gasteiger partial charge in [-0.2, -0.15) is 5.10 Å². The highest BCUT2D eigenvalue weighted by Gasteiger charge is 2.31. The van der Waals surface area contributed by atoms with Gasteiger partial charge in [-0.3, -0.25) is 9.69 Å². The molecule has 1 unspecified atom stereocenters. The maximum atomic E-state index is 12.0. The number of carbonyl (C=O) groups is 1. The molecular formula is C12H18N6O. The molecule has 0 spiro atoms. The highest BCUT2D eigenvalue weighted by Crippen LogP contribution is 2.25. The number of anilines is 1. The Balaban J connectivity index is 2.12. The number of azide groups is 1. The molecule has 0 aliphatic carbocycles. The van der Waals surface area contributed by atoms with Crippen LogP contribution < -0.4 is 4.90 Å². The Labute approximate surface area is 111 Å². The largest absolute Gasteiger partial charge is 0.297 e. The van der Waals surface area contributed by atoms with Crippen LogP contribution in [0.2, 0.25) is 0 Å². The van der Waals surface area contributed by atoms with E-state index < -0.39 is 0 Å². The molecule has 1 amide bonds. The quantitative estimate of drug-likeness (QED) is 0.462. The standard InChI is InChI=1S/C12H18N6O/c1-9(2)7-18-11(3-4-15-18)17-8-10(5-12(17)19)6-14-16-13/h3-4,9-10H,5-8H2,1-2H3. The average molecular weight is 262 g/mol. The first-order valence-electron chi connectivity index (χ1n) is 6.45. The summed E-state index contributed by atoms with van der Waals surface area (Å²) in [6.45, 7) is 5.98. The van der Waals surface area contributed by atoms with Crippen molar-refractivity contribution in [2.75, 3.05) is 18.0 Å². The second kappa shape index (κ2) is 5.75. The van der Waals surface area contributed by atoms with Crippen LogP contribution in [0.15, 0.2) is 17.4 Å². The van der Waals surface area contributed by atoms with Gasteiger partial charge in [0.05, 0.1) is 6.20 Å². The molecule has 7 heteroatoms. The molecule has 2 rings (SSSR count). The maximum Gasteiger partial charge on any atom is 0.228 e. The number of aromatic nitrogens is 2. The van der Waals surface area contributed by atoms with Gasteiger partial charge in [-0.15, -0.1) is 0 Å². The van der Waals surface area contributed by atoms with E-state index in [2.05, 4.69) is 29.0 Å². The zero-order valence-corrected chi connectivity index (χ0v) is 11.2. The molecule has 0 bridgehead atoms. The van der Waals surface area contributed by atoms with Crippen molar-refractivity contribution in [3.8, 4) is 0 Å². The highest BCUT2D eigenvalue weighted by atomic mass is 16.2. The third kappa shape index (κ3) is 3.06. The van der Waals surface area contributed by atoms with Gasteiger partial charge in [0, 0.05) is 37.0 Å². The summed E-state index contributed by atoms with van der Waals surface area (Å²) in [5.41, 5.74) is 8.33. The first-order valence-corrected chi connectivity index (χ1v) is 6.45. The van der Waals surface area contributed by atoms with E-state index in [1.165, 1.54) is 0 Å². The van der Waals surface area contributed by atoms with Crippen LogP contribution >= 0.6 is 0 Å². The van der Waals surface area contributed by atoms with Crippen molar-refractivity contribution in [3.05, 3.63) is 22.7 Å². The Bertz CT molecular complexity index is 502. The Morgan fingerprint density at radius 3 is 3.11 bits per heavy atom. The molecule has 1 atom stereocenters. The van der Waals surface area contributed by atoms with E-state index in [0.717, 1.165) is 12.4 Å². The van der Waals surface area contributed by atoms with E-state index in [0.29, 0.717) is 25.4 Å². The molecule has 1 aliphatic heterocycles. The van der Waals surface area contributed by atoms with Crippen LogP contribution in [0.3, 0.4) is 0 Å². The summed E-state index contributed by atoms with van der Waals surface area (Å²) < 4.78 is 1.86. The monoisotopic (exact) mass is 262 g/mol. The van der Waals surface area contributed by atoms with Gasteiger partial charge in [-0.1, -0.05) is 19.0 Å². The zero-order valence-electron chi connectivity index (χ0n) is 11.2. The van der Waals surface area contributed by atoms with Crippen LogP contribution in [0, 0.1) is 11.8 Å². The van der Waals surface area contributed by atoms with E-state index in [4.69, 9.17) is 5.53 Å². The van der Waals surface area contributed by atoms with Gasteiger partial charge in [0.25, 0.3) is 0 Å². The molecule has 1 aromatic heterocycles. The fraction of sp³-hybridized carbons (Fsp3) is 0.667. The number of amides is 1. The third-order valence-electron chi connectivity index (χ3n) is 3.12. The fourth-order valence-electron chi connectivity index (χ4n) is 2.32. The summed E-state index contributed by atoms with van der Waals surface area (Å²) in [6, 6.07) is 1.86. The lowest BCUT2D eigenvalue weighted by atomic mass is 10.1. The second-order valence-corrected chi connectivity index (χ2v) is 5.25. The fourth-order valence-corrected chi connectivity index (χ4v) is 2.32. The first-order chi connectivity index (χ1) is 9.11. The van der Waals surface area contributed by atoms with Gasteiger partial charge < -0.3 is 0 Å². The normalized spacial score (nSPS) is 19.0. The summed E-state index contributed by atoms with van der Waals surface area (Å²) in [5.74, 6) is 1.48. The lowest BCUT2D eigenvalue weighted by molar-refractivity contribution is -0.117. The van der Waals surface area contributed by atoms with Crippen LogP contribution in [-0.4, -0.2) is 28.8 Å². The van der Waals surface area contributed by atoms with Gasteiger partial charge in [0.1, 0.15) is 5.82 Å². The number of nitrogens with zero attached hydrogens (tertiary/aromatic N) is 6. The summed E-state index contributed by atoms with van der Waals surface area (Å²) in [7, 11) is 0. The summed E-state index contributed by atoms with van der Waals surface area (Å²) in [6.07, 6.45) is 2.15. The van der Waals surface area contributed by atoms with E-state index in [1.54, 1.807) is 11.1 Å². The smallest absolute Gasteiger partial charge is 0.228 e. The lowest BCUT2D eigenvalue weighted by Crippen LogP contribution is -2.28. The molecule has 1 aromatic rings. The topological polar surface area (TPSA) is 86.9 Å². The molecule has 1 aliphatic rings. The van der Waals surface area contributed by atoms with E-state index in [-0.39, 0.29) is 11.8 Å². The molecular weight excluding hydrogens is 244 g/mol. The number of hydrogen-bond acceptors (Lipinski definition) is 3. The predicted octanol–water partition coefficient (Wildman–Crippen LogP) is 2.20. The number of rotatable bonds is 5. The Hall–Kier alpha value is -2.01. The van der Waals surface area contributed by atoms with Gasteiger partial charge in [-0.05, 0) is 17.4 Å². The molecule has 7 nitrogen and oxygen atoms in total. The Kier molecular flexibility index (Phi) is 4.06. The van der Waals surface area contributed by atoms with E-state index in [1.807, 2.05) is 10.7 Å². The van der Waals surface area contributed by atoms with Crippen molar-refractivity contribution in [1.82, 2.24) is 9.78 Å². The molecule has 0 radical (unpaired) electrons. The lowest BCUT2D eigenvalue weighted by Gasteiger charge is -2.18. The molecule has 1 fully saturated rings. The van der Waals surface area contributed by atoms with Crippen molar-refractivity contribution in [2.24, 2.45) is 17.0 Å². The minimum atomic E-state index is 0.0728. The van der Waals surface area contributed by atoms with Crippen molar-refractivity contribution < 1.29 is 4.79 Å². The Morgan fingerprint density at radius 1 is 1.63 bits per heavy atom. The highest BCUT2D eigenvalue weighted by molar-refractivity contribution is 5.94. The van der Waals surface area contributed by atoms with Crippen molar-refractivity contribution in [1.29, 1.82) is 0 Å². The number of hydrogen-bond donors (Lipinski definition) is 0. The maximum absolute atomic E-state index is 12.0. The van der Waals surface area contributed by atoms with Crippen molar-refractivity contribution in [3.63, 3.8) is 0 Å². The van der Waals surface area contributed by atoms with Crippen LogP contribution in [0.25, 0.3) is 10.4 Å². The molecule has 102 valence electrons. The van der Waals surface area contributed by atoms with Crippen LogP contribution in [0.1, 0.15) is 20.3 Å². The van der Waals surface area contributed by atoms with Gasteiger partial charge in [-0.25, -0.2) is 4.68 Å². The average Bonchev–Trinajstić information content (AvgIpc) is 2.92.